The largest absolute Gasteiger partial charge is 0.507 e. The zero-order valence-electron chi connectivity index (χ0n) is 22.2. The van der Waals surface area contributed by atoms with Crippen molar-refractivity contribution in [2.24, 2.45) is 0 Å². The molecule has 3 aliphatic rings. The van der Waals surface area contributed by atoms with Gasteiger partial charge in [0.15, 0.2) is 11.3 Å². The molecule has 0 radical (unpaired) electrons. The molecule has 1 saturated heterocycles. The van der Waals surface area contributed by atoms with Gasteiger partial charge in [-0.2, -0.15) is 0 Å². The van der Waals surface area contributed by atoms with Gasteiger partial charge >= 0.3 is 5.91 Å². The molecule has 1 N–H and O–H groups in total. The summed E-state index contributed by atoms with van der Waals surface area (Å²) in [7, 11) is 0. The summed E-state index contributed by atoms with van der Waals surface area (Å²) in [6.45, 7) is 1.92. The van der Waals surface area contributed by atoms with Crippen LogP contribution in [0.15, 0.2) is 119 Å². The lowest BCUT2D eigenvalue weighted by Crippen LogP contribution is -2.57. The van der Waals surface area contributed by atoms with Crippen LogP contribution in [0.2, 0.25) is 0 Å². The van der Waals surface area contributed by atoms with Crippen molar-refractivity contribution in [1.82, 2.24) is 0 Å². The number of benzene rings is 4. The molecule has 1 atom stereocenters. The van der Waals surface area contributed by atoms with E-state index in [0.29, 0.717) is 21.3 Å². The van der Waals surface area contributed by atoms with Gasteiger partial charge in [-0.3, -0.25) is 29.0 Å². The predicted molar refractivity (Wildman–Crippen MR) is 162 cm³/mol. The molecule has 0 aromatic heterocycles. The van der Waals surface area contributed by atoms with Crippen molar-refractivity contribution in [3.05, 3.63) is 141 Å². The Bertz CT molecular complexity index is 1930. The van der Waals surface area contributed by atoms with Gasteiger partial charge in [0.05, 0.1) is 16.8 Å². The van der Waals surface area contributed by atoms with Crippen molar-refractivity contribution in [2.75, 3.05) is 9.80 Å². The van der Waals surface area contributed by atoms with E-state index in [1.54, 1.807) is 91.0 Å². The first-order valence-electron chi connectivity index (χ1n) is 13.2. The maximum atomic E-state index is 15.1. The van der Waals surface area contributed by atoms with Crippen LogP contribution in [0.5, 0.6) is 0 Å². The van der Waals surface area contributed by atoms with E-state index in [1.807, 2.05) is 19.1 Å². The van der Waals surface area contributed by atoms with E-state index in [9.17, 15) is 19.5 Å². The van der Waals surface area contributed by atoms with E-state index in [1.165, 1.54) is 4.90 Å². The molecule has 1 aliphatic carbocycles. The number of anilines is 2. The zero-order chi connectivity index (χ0) is 29.3. The summed E-state index contributed by atoms with van der Waals surface area (Å²) in [4.78, 5) is 60.0. The van der Waals surface area contributed by atoms with Crippen LogP contribution in [-0.4, -0.2) is 34.0 Å². The number of carbonyl (C=O) groups is 4. The van der Waals surface area contributed by atoms with Crippen LogP contribution in [0.25, 0.3) is 11.5 Å². The molecule has 1 spiro atoms. The predicted octanol–water partition coefficient (Wildman–Crippen LogP) is 6.04. The van der Waals surface area contributed by atoms with Crippen molar-refractivity contribution in [3.8, 4) is 0 Å². The van der Waals surface area contributed by atoms with Crippen molar-refractivity contribution in [1.29, 1.82) is 0 Å². The molecule has 204 valence electrons. The average molecular weight is 617 g/mol. The number of aryl methyl sites for hydroxylation is 1. The number of aliphatic hydroxyl groups is 1. The van der Waals surface area contributed by atoms with Gasteiger partial charge in [-0.25, -0.2) is 0 Å². The molecular formula is C34H21BrN2O5. The number of aliphatic hydroxyl groups excluding tert-OH is 1. The Morgan fingerprint density at radius 2 is 1.31 bits per heavy atom. The summed E-state index contributed by atoms with van der Waals surface area (Å²) < 4.78 is 0.712. The third kappa shape index (κ3) is 3.33. The van der Waals surface area contributed by atoms with Gasteiger partial charge in [-0.05, 0) is 43.3 Å². The average Bonchev–Trinajstić information content (AvgIpc) is 3.53. The standard InChI is InChI=1S/C34H21BrN2O5/c1-19-11-15-22(16-12-19)36-28-24-9-5-6-10-25(24)30(39)26(28)34(33(36)42)27(29(38)20-7-3-2-4-8-20)31(40)32(41)37(34)23-17-13-21(35)14-18-23/h2-18,38H,1H3/b29-27+. The molecular weight excluding hydrogens is 596 g/mol. The maximum absolute atomic E-state index is 15.1. The first-order chi connectivity index (χ1) is 20.3. The normalized spacial score (nSPS) is 20.6. The SMILES string of the molecule is Cc1ccc(N2C(=O)C3(C4=C2c2ccccc2C4=O)/C(=C(/O)c2ccccc2)C(=O)C(=O)N3c2ccc(Br)cc2)cc1. The summed E-state index contributed by atoms with van der Waals surface area (Å²) in [6, 6.07) is 28.8. The van der Waals surface area contributed by atoms with E-state index in [-0.39, 0.29) is 22.5 Å². The molecule has 4 aromatic carbocycles. The second-order valence-corrected chi connectivity index (χ2v) is 11.2. The summed E-state index contributed by atoms with van der Waals surface area (Å²) in [5, 5.41) is 11.7. The topological polar surface area (TPSA) is 95.0 Å². The summed E-state index contributed by atoms with van der Waals surface area (Å²) >= 11 is 3.40. The van der Waals surface area contributed by atoms with Gasteiger partial charge in [0.25, 0.3) is 11.7 Å². The molecule has 1 unspecified atom stereocenters. The quantitative estimate of drug-likeness (QED) is 0.172. The number of amides is 2. The minimum atomic E-state index is -2.27. The van der Waals surface area contributed by atoms with Crippen molar-refractivity contribution >= 4 is 62.1 Å². The van der Waals surface area contributed by atoms with Gasteiger partial charge in [-0.1, -0.05) is 88.2 Å². The molecule has 2 aliphatic heterocycles. The van der Waals surface area contributed by atoms with Gasteiger partial charge in [0.1, 0.15) is 5.76 Å². The highest BCUT2D eigenvalue weighted by molar-refractivity contribution is 9.10. The molecule has 0 bridgehead atoms. The number of rotatable bonds is 3. The molecule has 4 aromatic rings. The molecule has 8 heteroatoms. The van der Waals surface area contributed by atoms with Crippen LogP contribution in [0, 0.1) is 6.92 Å². The van der Waals surface area contributed by atoms with Gasteiger partial charge in [-0.15, -0.1) is 0 Å². The highest BCUT2D eigenvalue weighted by Gasteiger charge is 2.71. The lowest BCUT2D eigenvalue weighted by Gasteiger charge is -2.36. The highest BCUT2D eigenvalue weighted by Crippen LogP contribution is 2.57. The van der Waals surface area contributed by atoms with Crippen LogP contribution < -0.4 is 9.80 Å². The first-order valence-corrected chi connectivity index (χ1v) is 14.0. The van der Waals surface area contributed by atoms with Gasteiger partial charge in [0, 0.05) is 32.5 Å². The molecule has 0 saturated carbocycles. The van der Waals surface area contributed by atoms with Crippen LogP contribution >= 0.6 is 15.9 Å². The minimum Gasteiger partial charge on any atom is -0.507 e. The maximum Gasteiger partial charge on any atom is 0.300 e. The Kier molecular flexibility index (Phi) is 5.68. The number of hydrogen-bond donors (Lipinski definition) is 1. The fourth-order valence-corrected chi connectivity index (χ4v) is 6.40. The fraction of sp³-hybridized carbons (Fsp3) is 0.0588. The summed E-state index contributed by atoms with van der Waals surface area (Å²) in [5.74, 6) is -3.83. The molecule has 7 nitrogen and oxygen atoms in total. The fourth-order valence-electron chi connectivity index (χ4n) is 6.14. The highest BCUT2D eigenvalue weighted by atomic mass is 79.9. The van der Waals surface area contributed by atoms with Crippen molar-refractivity contribution < 1.29 is 24.3 Å². The number of halogens is 1. The first kappa shape index (κ1) is 25.9. The summed E-state index contributed by atoms with van der Waals surface area (Å²) in [6.07, 6.45) is 0. The second kappa shape index (κ2) is 9.22. The van der Waals surface area contributed by atoms with Crippen molar-refractivity contribution in [3.63, 3.8) is 0 Å². The number of carbonyl (C=O) groups excluding carboxylic acids is 4. The Labute approximate surface area is 249 Å². The van der Waals surface area contributed by atoms with Crippen LogP contribution in [-0.2, 0) is 14.4 Å². The Hall–Kier alpha value is -5.08. The molecule has 2 heterocycles. The van der Waals surface area contributed by atoms with Crippen LogP contribution in [0.1, 0.15) is 27.0 Å². The molecule has 1 fully saturated rings. The third-order valence-electron chi connectivity index (χ3n) is 7.97. The lowest BCUT2D eigenvalue weighted by atomic mass is 9.79. The number of nitrogens with zero attached hydrogens (tertiary/aromatic N) is 2. The van der Waals surface area contributed by atoms with Crippen LogP contribution in [0.3, 0.4) is 0 Å². The monoisotopic (exact) mass is 616 g/mol. The number of Topliss-reactive ketones (excluding diaryl/α,β-unsaturated/α-hetero) is 2. The number of ketones is 2. The molecule has 7 rings (SSSR count). The molecule has 42 heavy (non-hydrogen) atoms. The van der Waals surface area contributed by atoms with Crippen LogP contribution in [0.4, 0.5) is 11.4 Å². The van der Waals surface area contributed by atoms with Gasteiger partial charge < -0.3 is 5.11 Å². The Morgan fingerprint density at radius 3 is 1.98 bits per heavy atom. The Balaban J connectivity index is 1.63. The lowest BCUT2D eigenvalue weighted by molar-refractivity contribution is -0.132. The van der Waals surface area contributed by atoms with Gasteiger partial charge in [0.2, 0.25) is 0 Å². The van der Waals surface area contributed by atoms with E-state index in [2.05, 4.69) is 15.9 Å². The minimum absolute atomic E-state index is 0.0473. The van der Waals surface area contributed by atoms with E-state index >= 15 is 4.79 Å². The van der Waals surface area contributed by atoms with E-state index in [0.717, 1.165) is 10.5 Å². The third-order valence-corrected chi connectivity index (χ3v) is 8.50. The number of hydrogen-bond acceptors (Lipinski definition) is 5. The van der Waals surface area contributed by atoms with E-state index in [4.69, 9.17) is 0 Å². The Morgan fingerprint density at radius 1 is 0.714 bits per heavy atom. The zero-order valence-corrected chi connectivity index (χ0v) is 23.8. The second-order valence-electron chi connectivity index (χ2n) is 10.3. The molecule has 2 amide bonds. The van der Waals surface area contributed by atoms with Crippen molar-refractivity contribution in [2.45, 2.75) is 12.5 Å². The smallest absolute Gasteiger partial charge is 0.300 e. The summed E-state index contributed by atoms with van der Waals surface area (Å²) in [5.41, 5.74) is 0.244. The van der Waals surface area contributed by atoms with E-state index < -0.39 is 40.3 Å². The number of fused-ring (bicyclic) bond motifs is 3.